The Balaban J connectivity index is 1.63. The van der Waals surface area contributed by atoms with Crippen molar-refractivity contribution < 1.29 is 14.6 Å². The first kappa shape index (κ1) is 14.3. The van der Waals surface area contributed by atoms with Gasteiger partial charge in [0.05, 0.1) is 6.10 Å². The van der Waals surface area contributed by atoms with E-state index in [1.165, 1.54) is 0 Å². The zero-order valence-corrected chi connectivity index (χ0v) is 12.3. The fourth-order valence-corrected chi connectivity index (χ4v) is 3.39. The van der Waals surface area contributed by atoms with Crippen LogP contribution >= 0.6 is 0 Å². The maximum Gasteiger partial charge on any atom is 0.325 e. The molecule has 3 aliphatic rings. The summed E-state index contributed by atoms with van der Waals surface area (Å²) in [7, 11) is 2.02. The summed E-state index contributed by atoms with van der Waals surface area (Å²) in [5, 5.41) is 13.2. The molecular weight excluding hydrogens is 256 g/mol. The third kappa shape index (κ3) is 3.15. The topological polar surface area (TPSA) is 61.8 Å². The minimum Gasteiger partial charge on any atom is -0.480 e. The molecule has 0 aromatic rings. The Bertz CT molecular complexity index is 362. The maximum absolute atomic E-state index is 11.9. The van der Waals surface area contributed by atoms with Crippen LogP contribution in [0.4, 0.5) is 0 Å². The molecule has 2 atom stereocenters. The lowest BCUT2D eigenvalue weighted by atomic mass is 9.92. The number of hydrogen-bond acceptors (Lipinski definition) is 4. The minimum atomic E-state index is -0.742. The van der Waals surface area contributed by atoms with Gasteiger partial charge in [0.2, 0.25) is 0 Å². The van der Waals surface area contributed by atoms with Crippen molar-refractivity contribution in [2.24, 2.45) is 5.92 Å². The molecule has 20 heavy (non-hydrogen) atoms. The van der Waals surface area contributed by atoms with Crippen molar-refractivity contribution in [3.63, 3.8) is 0 Å². The van der Waals surface area contributed by atoms with Gasteiger partial charge in [0.25, 0.3) is 0 Å². The predicted octanol–water partition coefficient (Wildman–Crippen LogP) is 1.08. The zero-order chi connectivity index (χ0) is 14.2. The lowest BCUT2D eigenvalue weighted by molar-refractivity contribution is -0.147. The van der Waals surface area contributed by atoms with Crippen LogP contribution in [-0.4, -0.2) is 60.4 Å². The largest absolute Gasteiger partial charge is 0.480 e. The highest BCUT2D eigenvalue weighted by Gasteiger charge is 2.53. The molecule has 0 spiro atoms. The number of likely N-dealkylation sites (N-methyl/N-ethyl adjacent to an activating group) is 1. The molecule has 2 aliphatic carbocycles. The van der Waals surface area contributed by atoms with Gasteiger partial charge in [-0.05, 0) is 51.5 Å². The average molecular weight is 282 g/mol. The molecule has 5 heteroatoms. The molecule has 2 N–H and O–H groups in total. The van der Waals surface area contributed by atoms with Crippen molar-refractivity contribution >= 4 is 5.97 Å². The number of hydrogen-bond donors (Lipinski definition) is 2. The number of carboxylic acids is 1. The third-order valence-corrected chi connectivity index (χ3v) is 4.75. The first-order valence-electron chi connectivity index (χ1n) is 7.91. The van der Waals surface area contributed by atoms with Crippen molar-refractivity contribution in [3.8, 4) is 0 Å². The van der Waals surface area contributed by atoms with Crippen LogP contribution in [0.1, 0.15) is 38.5 Å². The van der Waals surface area contributed by atoms with Crippen LogP contribution in [0, 0.1) is 5.92 Å². The van der Waals surface area contributed by atoms with Gasteiger partial charge >= 0.3 is 5.97 Å². The van der Waals surface area contributed by atoms with Crippen LogP contribution in [0.5, 0.6) is 0 Å². The summed E-state index contributed by atoms with van der Waals surface area (Å²) in [6, 6.07) is 0.419. The Morgan fingerprint density at radius 1 is 1.35 bits per heavy atom. The lowest BCUT2D eigenvalue weighted by Gasteiger charge is -2.35. The fraction of sp³-hybridized carbons (Fsp3) is 0.933. The van der Waals surface area contributed by atoms with E-state index in [2.05, 4.69) is 10.2 Å². The van der Waals surface area contributed by atoms with Gasteiger partial charge in [0, 0.05) is 25.7 Å². The maximum atomic E-state index is 11.9. The number of carboxylic acid groups (broad SMARTS) is 1. The number of rotatable bonds is 8. The first-order valence-corrected chi connectivity index (χ1v) is 7.91. The highest BCUT2D eigenvalue weighted by Crippen LogP contribution is 2.42. The molecule has 0 amide bonds. The summed E-state index contributed by atoms with van der Waals surface area (Å²) in [5.74, 6) is -0.376. The van der Waals surface area contributed by atoms with Crippen molar-refractivity contribution in [1.29, 1.82) is 0 Å². The smallest absolute Gasteiger partial charge is 0.325 e. The summed E-state index contributed by atoms with van der Waals surface area (Å²) >= 11 is 0. The van der Waals surface area contributed by atoms with Crippen molar-refractivity contribution in [2.45, 2.75) is 56.2 Å². The van der Waals surface area contributed by atoms with E-state index in [4.69, 9.17) is 4.74 Å². The molecule has 3 rings (SSSR count). The molecule has 0 bridgehead atoms. The Kier molecular flexibility index (Phi) is 4.02. The van der Waals surface area contributed by atoms with Crippen LogP contribution < -0.4 is 5.32 Å². The third-order valence-electron chi connectivity index (χ3n) is 4.75. The molecule has 2 saturated carbocycles. The molecule has 0 aromatic carbocycles. The molecule has 1 heterocycles. The van der Waals surface area contributed by atoms with E-state index >= 15 is 0 Å². The molecule has 5 nitrogen and oxygen atoms in total. The summed E-state index contributed by atoms with van der Waals surface area (Å²) < 4.78 is 5.66. The SMILES string of the molecule is CN(CC1CCCO1)CC(NC1CC1)(C(=O)O)C1CC1. The fourth-order valence-electron chi connectivity index (χ4n) is 3.39. The second-order valence-corrected chi connectivity index (χ2v) is 6.80. The van der Waals surface area contributed by atoms with Crippen molar-refractivity contribution in [2.75, 3.05) is 26.7 Å². The molecule has 0 aromatic heterocycles. The Labute approximate surface area is 120 Å². The summed E-state index contributed by atoms with van der Waals surface area (Å²) in [4.78, 5) is 14.1. The van der Waals surface area contributed by atoms with E-state index < -0.39 is 11.5 Å². The number of aliphatic carboxylic acids is 1. The molecule has 2 unspecified atom stereocenters. The van der Waals surface area contributed by atoms with Crippen LogP contribution in [0.25, 0.3) is 0 Å². The Morgan fingerprint density at radius 2 is 2.10 bits per heavy atom. The van der Waals surface area contributed by atoms with Crippen molar-refractivity contribution in [3.05, 3.63) is 0 Å². The zero-order valence-electron chi connectivity index (χ0n) is 12.3. The second kappa shape index (κ2) is 5.62. The van der Waals surface area contributed by atoms with Crippen LogP contribution in [0.2, 0.25) is 0 Å². The number of nitrogens with zero attached hydrogens (tertiary/aromatic N) is 1. The van der Waals surface area contributed by atoms with Crippen LogP contribution in [-0.2, 0) is 9.53 Å². The van der Waals surface area contributed by atoms with Crippen LogP contribution in [0.15, 0.2) is 0 Å². The van der Waals surface area contributed by atoms with E-state index in [9.17, 15) is 9.90 Å². The van der Waals surface area contributed by atoms with Gasteiger partial charge in [-0.3, -0.25) is 10.1 Å². The quantitative estimate of drug-likeness (QED) is 0.697. The highest BCUT2D eigenvalue weighted by atomic mass is 16.5. The highest BCUT2D eigenvalue weighted by molar-refractivity contribution is 5.80. The first-order chi connectivity index (χ1) is 9.60. The number of carbonyl (C=O) groups is 1. The number of nitrogens with one attached hydrogen (secondary N) is 1. The molecule has 1 aliphatic heterocycles. The number of ether oxygens (including phenoxy) is 1. The summed E-state index contributed by atoms with van der Waals surface area (Å²) in [6.07, 6.45) is 6.84. The molecule has 3 fully saturated rings. The van der Waals surface area contributed by atoms with Crippen LogP contribution in [0.3, 0.4) is 0 Å². The summed E-state index contributed by atoms with van der Waals surface area (Å²) in [6.45, 7) is 2.28. The minimum absolute atomic E-state index is 0.284. The average Bonchev–Trinajstić information content (AvgIpc) is 3.29. The van der Waals surface area contributed by atoms with E-state index in [0.29, 0.717) is 18.5 Å². The van der Waals surface area contributed by atoms with Gasteiger partial charge in [0.15, 0.2) is 0 Å². The van der Waals surface area contributed by atoms with E-state index in [1.54, 1.807) is 0 Å². The van der Waals surface area contributed by atoms with Gasteiger partial charge in [-0.1, -0.05) is 0 Å². The van der Waals surface area contributed by atoms with Gasteiger partial charge < -0.3 is 14.7 Å². The molecule has 0 radical (unpaired) electrons. The lowest BCUT2D eigenvalue weighted by Crippen LogP contribution is -2.61. The molecule has 114 valence electrons. The van der Waals surface area contributed by atoms with Gasteiger partial charge in [-0.15, -0.1) is 0 Å². The summed E-state index contributed by atoms with van der Waals surface area (Å²) in [5.41, 5.74) is -0.742. The van der Waals surface area contributed by atoms with Gasteiger partial charge in [-0.2, -0.15) is 0 Å². The van der Waals surface area contributed by atoms with E-state index in [0.717, 1.165) is 51.7 Å². The van der Waals surface area contributed by atoms with E-state index in [-0.39, 0.29) is 6.10 Å². The van der Waals surface area contributed by atoms with E-state index in [1.807, 2.05) is 7.05 Å². The second-order valence-electron chi connectivity index (χ2n) is 6.80. The standard InChI is InChI=1S/C15H26N2O3/c1-17(9-13-3-2-8-20-13)10-15(14(18)19,11-4-5-11)16-12-6-7-12/h11-13,16H,2-10H2,1H3,(H,18,19). The van der Waals surface area contributed by atoms with Gasteiger partial charge in [0.1, 0.15) is 5.54 Å². The molecular formula is C15H26N2O3. The normalized spacial score (nSPS) is 29.6. The Morgan fingerprint density at radius 3 is 2.60 bits per heavy atom. The molecule has 1 saturated heterocycles. The van der Waals surface area contributed by atoms with Gasteiger partial charge in [-0.25, -0.2) is 0 Å². The predicted molar refractivity (Wildman–Crippen MR) is 75.7 cm³/mol. The Hall–Kier alpha value is -0.650. The monoisotopic (exact) mass is 282 g/mol. The van der Waals surface area contributed by atoms with Crippen molar-refractivity contribution in [1.82, 2.24) is 10.2 Å².